The van der Waals surface area contributed by atoms with Gasteiger partial charge in [-0.25, -0.2) is 22.0 Å². The predicted octanol–water partition coefficient (Wildman–Crippen LogP) is 3.49. The van der Waals surface area contributed by atoms with E-state index in [0.29, 0.717) is 6.07 Å². The number of hydrogen-bond donors (Lipinski definition) is 2. The topological polar surface area (TPSA) is 83.5 Å². The van der Waals surface area contributed by atoms with Crippen molar-refractivity contribution in [1.29, 1.82) is 0 Å². The largest absolute Gasteiger partial charge is 0.465 e. The molecule has 0 saturated heterocycles. The molecule has 0 aliphatic heterocycles. The Morgan fingerprint density at radius 1 is 1.20 bits per heavy atom. The number of amides is 1. The number of rotatable bonds is 3. The van der Waals surface area contributed by atoms with Crippen molar-refractivity contribution in [2.24, 2.45) is 0 Å². The van der Waals surface area contributed by atoms with E-state index in [1.54, 1.807) is 0 Å². The van der Waals surface area contributed by atoms with Gasteiger partial charge in [-0.3, -0.25) is 0 Å². The van der Waals surface area contributed by atoms with Gasteiger partial charge in [-0.15, -0.1) is 0 Å². The van der Waals surface area contributed by atoms with Gasteiger partial charge in [0, 0.05) is 6.04 Å². The van der Waals surface area contributed by atoms with Gasteiger partial charge in [0.2, 0.25) is 14.8 Å². The minimum atomic E-state index is -4.99. The SMILES string of the molecule is O=C(O)NC1CCC(F)(S(=O)(=O)c2cc(F)cc(C(F)(F)F)c2)CC1. The summed E-state index contributed by atoms with van der Waals surface area (Å²) < 4.78 is 91.4. The Labute approximate surface area is 139 Å². The minimum Gasteiger partial charge on any atom is -0.465 e. The van der Waals surface area contributed by atoms with Crippen LogP contribution in [0.1, 0.15) is 31.2 Å². The van der Waals surface area contributed by atoms with E-state index in [1.807, 2.05) is 0 Å². The summed E-state index contributed by atoms with van der Waals surface area (Å²) in [7, 11) is -4.90. The summed E-state index contributed by atoms with van der Waals surface area (Å²) in [6, 6.07) is 0.00158. The van der Waals surface area contributed by atoms with Crippen LogP contribution in [0.25, 0.3) is 0 Å². The molecule has 0 aromatic heterocycles. The van der Waals surface area contributed by atoms with Crippen LogP contribution in [0, 0.1) is 5.82 Å². The second kappa shape index (κ2) is 6.43. The van der Waals surface area contributed by atoms with Gasteiger partial charge in [0.15, 0.2) is 0 Å². The Balaban J connectivity index is 2.33. The summed E-state index contributed by atoms with van der Waals surface area (Å²) in [6.45, 7) is 0. The molecule has 0 unspecified atom stereocenters. The van der Waals surface area contributed by atoms with Crippen molar-refractivity contribution in [3.05, 3.63) is 29.6 Å². The van der Waals surface area contributed by atoms with E-state index in [1.165, 1.54) is 0 Å². The number of halogens is 5. The Morgan fingerprint density at radius 2 is 1.76 bits per heavy atom. The highest BCUT2D eigenvalue weighted by atomic mass is 32.2. The molecule has 0 bridgehead atoms. The van der Waals surface area contributed by atoms with Gasteiger partial charge in [-0.05, 0) is 43.9 Å². The summed E-state index contributed by atoms with van der Waals surface area (Å²) in [4.78, 5) is 9.45. The number of carbonyl (C=O) groups is 1. The second-order valence-electron chi connectivity index (χ2n) is 5.78. The molecule has 1 aliphatic carbocycles. The summed E-state index contributed by atoms with van der Waals surface area (Å²) in [5.74, 6) is -1.45. The van der Waals surface area contributed by atoms with Gasteiger partial charge in [0.25, 0.3) is 0 Å². The van der Waals surface area contributed by atoms with Gasteiger partial charge < -0.3 is 10.4 Å². The third-order valence-corrected chi connectivity index (χ3v) is 6.28. The summed E-state index contributed by atoms with van der Waals surface area (Å²) in [6.07, 6.45) is -7.86. The summed E-state index contributed by atoms with van der Waals surface area (Å²) in [5, 5.41) is 7.81. The molecule has 140 valence electrons. The molecule has 1 saturated carbocycles. The smallest absolute Gasteiger partial charge is 0.416 e. The Bertz CT molecular complexity index is 770. The number of carboxylic acid groups (broad SMARTS) is 1. The lowest BCUT2D eigenvalue weighted by Gasteiger charge is -2.33. The van der Waals surface area contributed by atoms with Gasteiger partial charge >= 0.3 is 12.3 Å². The number of hydrogen-bond acceptors (Lipinski definition) is 3. The predicted molar refractivity (Wildman–Crippen MR) is 75.8 cm³/mol. The zero-order valence-corrected chi connectivity index (χ0v) is 13.4. The first-order valence-corrected chi connectivity index (χ1v) is 8.64. The van der Waals surface area contributed by atoms with Crippen LogP contribution in [-0.4, -0.2) is 30.7 Å². The molecule has 1 fully saturated rings. The zero-order valence-electron chi connectivity index (χ0n) is 12.6. The molecule has 1 aromatic carbocycles. The van der Waals surface area contributed by atoms with Crippen LogP contribution >= 0.6 is 0 Å². The summed E-state index contributed by atoms with van der Waals surface area (Å²) >= 11 is 0. The molecule has 11 heteroatoms. The number of benzene rings is 1. The molecular formula is C14H14F5NO4S. The lowest BCUT2D eigenvalue weighted by atomic mass is 9.93. The molecule has 5 nitrogen and oxygen atoms in total. The van der Waals surface area contributed by atoms with Crippen molar-refractivity contribution in [1.82, 2.24) is 5.32 Å². The fraction of sp³-hybridized carbons (Fsp3) is 0.500. The maximum absolute atomic E-state index is 14.9. The van der Waals surface area contributed by atoms with Crippen molar-refractivity contribution >= 4 is 15.9 Å². The first-order valence-electron chi connectivity index (χ1n) is 7.16. The monoisotopic (exact) mass is 387 g/mol. The van der Waals surface area contributed by atoms with Crippen LogP contribution < -0.4 is 5.32 Å². The van der Waals surface area contributed by atoms with Crippen LogP contribution in [-0.2, 0) is 16.0 Å². The molecule has 2 N–H and O–H groups in total. The van der Waals surface area contributed by atoms with E-state index in [2.05, 4.69) is 5.32 Å². The highest BCUT2D eigenvalue weighted by Gasteiger charge is 2.48. The first kappa shape index (κ1) is 19.4. The van der Waals surface area contributed by atoms with E-state index in [-0.39, 0.29) is 25.0 Å². The van der Waals surface area contributed by atoms with Gasteiger partial charge in [-0.2, -0.15) is 13.2 Å². The Morgan fingerprint density at radius 3 is 2.24 bits per heavy atom. The Kier molecular flexibility index (Phi) is 4.99. The average molecular weight is 387 g/mol. The molecule has 0 atom stereocenters. The van der Waals surface area contributed by atoms with Crippen LogP contribution in [0.2, 0.25) is 0 Å². The standard InChI is InChI=1S/C14H14F5NO4S/c15-9-5-8(14(17,18)19)6-11(7-9)25(23,24)13(16)3-1-10(2-4-13)20-12(21)22/h5-7,10,20H,1-4H2,(H,21,22). The van der Waals surface area contributed by atoms with Crippen LogP contribution in [0.5, 0.6) is 0 Å². The van der Waals surface area contributed by atoms with Crippen LogP contribution in [0.15, 0.2) is 23.1 Å². The van der Waals surface area contributed by atoms with E-state index in [4.69, 9.17) is 5.11 Å². The maximum Gasteiger partial charge on any atom is 0.416 e. The Hall–Kier alpha value is -1.91. The molecule has 0 spiro atoms. The molecule has 1 amide bonds. The van der Waals surface area contributed by atoms with E-state index < -0.39 is 62.3 Å². The van der Waals surface area contributed by atoms with Crippen molar-refractivity contribution in [3.8, 4) is 0 Å². The highest BCUT2D eigenvalue weighted by Crippen LogP contribution is 2.41. The molecule has 25 heavy (non-hydrogen) atoms. The normalized spacial score (nSPS) is 24.8. The van der Waals surface area contributed by atoms with Crippen molar-refractivity contribution < 1.29 is 40.3 Å². The molecular weight excluding hydrogens is 373 g/mol. The van der Waals surface area contributed by atoms with E-state index >= 15 is 0 Å². The molecule has 1 aromatic rings. The van der Waals surface area contributed by atoms with E-state index in [9.17, 15) is 35.2 Å². The average Bonchev–Trinajstić information content (AvgIpc) is 2.47. The quantitative estimate of drug-likeness (QED) is 0.778. The fourth-order valence-corrected chi connectivity index (χ4v) is 4.47. The second-order valence-corrected chi connectivity index (χ2v) is 7.99. The number of sulfone groups is 1. The van der Waals surface area contributed by atoms with Gasteiger partial charge in [0.05, 0.1) is 10.5 Å². The molecule has 1 aliphatic rings. The lowest BCUT2D eigenvalue weighted by Crippen LogP contribution is -2.44. The van der Waals surface area contributed by atoms with Crippen molar-refractivity contribution in [2.75, 3.05) is 0 Å². The van der Waals surface area contributed by atoms with Gasteiger partial charge in [0.1, 0.15) is 5.82 Å². The van der Waals surface area contributed by atoms with Crippen molar-refractivity contribution in [2.45, 2.75) is 47.8 Å². The van der Waals surface area contributed by atoms with Crippen LogP contribution in [0.3, 0.4) is 0 Å². The lowest BCUT2D eigenvalue weighted by molar-refractivity contribution is -0.137. The molecule has 0 radical (unpaired) electrons. The fourth-order valence-electron chi connectivity index (χ4n) is 2.73. The van der Waals surface area contributed by atoms with Crippen molar-refractivity contribution in [3.63, 3.8) is 0 Å². The van der Waals surface area contributed by atoms with Crippen LogP contribution in [0.4, 0.5) is 26.7 Å². The number of nitrogens with one attached hydrogen (secondary N) is 1. The first-order chi connectivity index (χ1) is 11.3. The number of alkyl halides is 4. The molecule has 2 rings (SSSR count). The third kappa shape index (κ3) is 4.02. The maximum atomic E-state index is 14.9. The highest BCUT2D eigenvalue weighted by molar-refractivity contribution is 7.92. The minimum absolute atomic E-state index is 0.123. The van der Waals surface area contributed by atoms with E-state index in [0.717, 1.165) is 0 Å². The third-order valence-electron chi connectivity index (χ3n) is 4.05. The zero-order chi connectivity index (χ0) is 19.0. The summed E-state index contributed by atoms with van der Waals surface area (Å²) in [5.41, 5.74) is -1.53. The van der Waals surface area contributed by atoms with Gasteiger partial charge in [-0.1, -0.05) is 0 Å². The molecule has 0 heterocycles.